The fourth-order valence-corrected chi connectivity index (χ4v) is 3.79. The van der Waals surface area contributed by atoms with Crippen LogP contribution in [-0.2, 0) is 14.3 Å². The molecule has 9 heteroatoms. The lowest BCUT2D eigenvalue weighted by atomic mass is 10.1. The summed E-state index contributed by atoms with van der Waals surface area (Å²) in [4.78, 5) is 25.5. The van der Waals surface area contributed by atoms with Crippen molar-refractivity contribution in [2.24, 2.45) is 0 Å². The van der Waals surface area contributed by atoms with Gasteiger partial charge in [0, 0.05) is 6.54 Å². The molecule has 0 spiro atoms. The van der Waals surface area contributed by atoms with Crippen LogP contribution in [0.3, 0.4) is 0 Å². The third-order valence-corrected chi connectivity index (χ3v) is 5.58. The van der Waals surface area contributed by atoms with Gasteiger partial charge in [-0.25, -0.2) is 9.59 Å². The zero-order valence-electron chi connectivity index (χ0n) is 19.9. The molecule has 0 saturated heterocycles. The predicted molar refractivity (Wildman–Crippen MR) is 131 cm³/mol. The Morgan fingerprint density at radius 1 is 0.800 bits per heavy atom. The molecule has 3 aromatic rings. The van der Waals surface area contributed by atoms with Crippen molar-refractivity contribution in [1.82, 2.24) is 5.32 Å². The Morgan fingerprint density at radius 2 is 1.29 bits per heavy atom. The van der Waals surface area contributed by atoms with Gasteiger partial charge in [0.05, 0.1) is 17.4 Å². The fourth-order valence-electron chi connectivity index (χ4n) is 3.19. The van der Waals surface area contributed by atoms with Crippen LogP contribution >= 0.6 is 0 Å². The third-order valence-electron chi connectivity index (χ3n) is 5.00. The zero-order valence-corrected chi connectivity index (χ0v) is 20.7. The van der Waals surface area contributed by atoms with Gasteiger partial charge in [0.15, 0.2) is 11.5 Å². The van der Waals surface area contributed by atoms with Crippen molar-refractivity contribution < 1.29 is 31.7 Å². The average molecular weight is 498 g/mol. The van der Waals surface area contributed by atoms with E-state index in [1.165, 1.54) is 12.1 Å². The molecule has 0 aliphatic rings. The van der Waals surface area contributed by atoms with E-state index in [-0.39, 0.29) is 18.0 Å². The molecule has 0 radical (unpaired) electrons. The molecule has 0 aromatic heterocycles. The Bertz CT molecular complexity index is 1300. The molecule has 184 valence electrons. The highest BCUT2D eigenvalue weighted by Gasteiger charge is 2.22. The van der Waals surface area contributed by atoms with Crippen LogP contribution in [0.25, 0.3) is 0 Å². The number of ether oxygens (including phenoxy) is 2. The number of hydrogen-bond acceptors (Lipinski definition) is 8. The molecule has 8 nitrogen and oxygen atoms in total. The van der Waals surface area contributed by atoms with Crippen LogP contribution in [0.15, 0.2) is 66.7 Å². The molecule has 1 N–H and O–H groups in total. The second kappa shape index (κ2) is 11.3. The number of carbonyl (C=O) groups is 2. The maximum atomic E-state index is 12.8. The summed E-state index contributed by atoms with van der Waals surface area (Å²) in [5.41, 5.74) is 3.00. The second-order valence-electron chi connectivity index (χ2n) is 8.06. The molecule has 3 rings (SSSR count). The van der Waals surface area contributed by atoms with E-state index in [0.717, 1.165) is 17.4 Å². The number of aryl methyl sites for hydroxylation is 2. The Balaban J connectivity index is 1.97. The van der Waals surface area contributed by atoms with Gasteiger partial charge in [0.25, 0.3) is 10.1 Å². The average Bonchev–Trinajstić information content (AvgIpc) is 2.80. The van der Waals surface area contributed by atoms with Gasteiger partial charge < -0.3 is 14.8 Å². The first-order valence-electron chi connectivity index (χ1n) is 10.8. The van der Waals surface area contributed by atoms with Crippen LogP contribution in [-0.4, -0.2) is 40.2 Å². The van der Waals surface area contributed by atoms with Crippen LogP contribution in [0.1, 0.15) is 43.5 Å². The largest absolute Gasteiger partial charge is 0.419 e. The maximum Gasteiger partial charge on any atom is 0.343 e. The number of esters is 2. The van der Waals surface area contributed by atoms with E-state index in [9.17, 15) is 18.0 Å². The Morgan fingerprint density at radius 3 is 1.74 bits per heavy atom. The van der Waals surface area contributed by atoms with E-state index < -0.39 is 28.2 Å². The molecule has 1 unspecified atom stereocenters. The molecule has 0 aliphatic heterocycles. The summed E-state index contributed by atoms with van der Waals surface area (Å²) in [6, 6.07) is 18.0. The summed E-state index contributed by atoms with van der Waals surface area (Å²) in [7, 11) is -2.13. The molecule has 1 atom stereocenters. The smallest absolute Gasteiger partial charge is 0.343 e. The standard InChI is InChI=1S/C26H27NO7S/c1-17-5-9-19(10-6-17)25(28)32-22-14-13-21(24(16-27-3)34-35(4,30)31)15-23(22)33-26(29)20-11-7-18(2)8-12-20/h5-15,24,27H,16H2,1-4H3. The van der Waals surface area contributed by atoms with Crippen LogP contribution in [0.2, 0.25) is 0 Å². The summed E-state index contributed by atoms with van der Waals surface area (Å²) in [5, 5.41) is 2.87. The second-order valence-corrected chi connectivity index (χ2v) is 9.66. The summed E-state index contributed by atoms with van der Waals surface area (Å²) in [6.45, 7) is 3.96. The van der Waals surface area contributed by atoms with Crippen molar-refractivity contribution in [2.45, 2.75) is 20.0 Å². The SMILES string of the molecule is CNCC(OS(C)(=O)=O)c1ccc(OC(=O)c2ccc(C)cc2)c(OC(=O)c2ccc(C)cc2)c1. The van der Waals surface area contributed by atoms with Gasteiger partial charge in [0.1, 0.15) is 6.10 Å². The van der Waals surface area contributed by atoms with Crippen molar-refractivity contribution in [3.8, 4) is 11.5 Å². The van der Waals surface area contributed by atoms with E-state index in [2.05, 4.69) is 5.32 Å². The number of likely N-dealkylation sites (N-methyl/N-ethyl adjacent to an activating group) is 1. The molecule has 0 heterocycles. The van der Waals surface area contributed by atoms with E-state index in [4.69, 9.17) is 13.7 Å². The number of carbonyl (C=O) groups excluding carboxylic acids is 2. The maximum absolute atomic E-state index is 12.8. The van der Waals surface area contributed by atoms with Crippen LogP contribution in [0.5, 0.6) is 11.5 Å². The fraction of sp³-hybridized carbons (Fsp3) is 0.231. The Labute approximate surface area is 205 Å². The van der Waals surface area contributed by atoms with Crippen LogP contribution < -0.4 is 14.8 Å². The van der Waals surface area contributed by atoms with Crippen LogP contribution in [0, 0.1) is 13.8 Å². The number of rotatable bonds is 9. The lowest BCUT2D eigenvalue weighted by Crippen LogP contribution is -2.22. The number of benzene rings is 3. The monoisotopic (exact) mass is 497 g/mol. The number of nitrogens with one attached hydrogen (secondary N) is 1. The highest BCUT2D eigenvalue weighted by Crippen LogP contribution is 2.33. The Kier molecular flexibility index (Phi) is 8.39. The van der Waals surface area contributed by atoms with Gasteiger partial charge in [-0.1, -0.05) is 41.5 Å². The van der Waals surface area contributed by atoms with Gasteiger partial charge in [-0.15, -0.1) is 0 Å². The predicted octanol–water partition coefficient (Wildman–Crippen LogP) is 3.98. The molecule has 0 fully saturated rings. The summed E-state index contributed by atoms with van der Waals surface area (Å²) in [5.74, 6) is -1.34. The van der Waals surface area contributed by atoms with Crippen molar-refractivity contribution >= 4 is 22.1 Å². The van der Waals surface area contributed by atoms with E-state index in [1.54, 1.807) is 61.6 Å². The Hall–Kier alpha value is -3.53. The highest BCUT2D eigenvalue weighted by atomic mass is 32.2. The first-order valence-corrected chi connectivity index (χ1v) is 12.6. The van der Waals surface area contributed by atoms with E-state index in [0.29, 0.717) is 16.7 Å². The van der Waals surface area contributed by atoms with Gasteiger partial charge in [-0.2, -0.15) is 8.42 Å². The van der Waals surface area contributed by atoms with Gasteiger partial charge in [0.2, 0.25) is 0 Å². The lowest BCUT2D eigenvalue weighted by molar-refractivity contribution is 0.0682. The topological polar surface area (TPSA) is 108 Å². The minimum atomic E-state index is -3.78. The van der Waals surface area contributed by atoms with E-state index >= 15 is 0 Å². The van der Waals surface area contributed by atoms with E-state index in [1.807, 2.05) is 13.8 Å². The first-order chi connectivity index (χ1) is 16.6. The molecule has 0 amide bonds. The summed E-state index contributed by atoms with van der Waals surface area (Å²) >= 11 is 0. The first kappa shape index (κ1) is 26.1. The molecule has 0 aliphatic carbocycles. The summed E-state index contributed by atoms with van der Waals surface area (Å²) in [6.07, 6.45) is 0.0554. The molecular formula is C26H27NO7S. The third kappa shape index (κ3) is 7.48. The molecule has 3 aromatic carbocycles. The van der Waals surface area contributed by atoms with Crippen molar-refractivity contribution in [1.29, 1.82) is 0 Å². The van der Waals surface area contributed by atoms with Crippen molar-refractivity contribution in [3.63, 3.8) is 0 Å². The van der Waals surface area contributed by atoms with Gasteiger partial charge in [-0.05, 0) is 62.9 Å². The number of hydrogen-bond donors (Lipinski definition) is 1. The van der Waals surface area contributed by atoms with Gasteiger partial charge >= 0.3 is 11.9 Å². The quantitative estimate of drug-likeness (QED) is 0.269. The zero-order chi connectivity index (χ0) is 25.6. The molecular weight excluding hydrogens is 470 g/mol. The van der Waals surface area contributed by atoms with Crippen molar-refractivity contribution in [2.75, 3.05) is 19.8 Å². The lowest BCUT2D eigenvalue weighted by Gasteiger charge is -2.18. The minimum absolute atomic E-state index is 0.00218. The molecule has 35 heavy (non-hydrogen) atoms. The van der Waals surface area contributed by atoms with Gasteiger partial charge in [-0.3, -0.25) is 4.18 Å². The van der Waals surface area contributed by atoms with Crippen LogP contribution in [0.4, 0.5) is 0 Å². The van der Waals surface area contributed by atoms with Crippen molar-refractivity contribution in [3.05, 3.63) is 94.5 Å². The highest BCUT2D eigenvalue weighted by molar-refractivity contribution is 7.86. The molecule has 0 bridgehead atoms. The normalized spacial score (nSPS) is 12.1. The summed E-state index contributed by atoms with van der Waals surface area (Å²) < 4.78 is 39.8. The minimum Gasteiger partial charge on any atom is -0.419 e. The molecule has 0 saturated carbocycles.